The van der Waals surface area contributed by atoms with Crippen LogP contribution in [0.5, 0.6) is 5.75 Å². The summed E-state index contributed by atoms with van der Waals surface area (Å²) >= 11 is 19.3. The molecule has 2 saturated carbocycles. The molecule has 2 bridgehead atoms. The molecule has 2 amide bonds. The molecule has 0 N–H and O–H groups in total. The van der Waals surface area contributed by atoms with Crippen LogP contribution in [0.2, 0.25) is 10.0 Å². The number of fused-ring (bicyclic) bond motifs is 5. The number of esters is 1. The number of nitrogens with zero attached hydrogens (tertiary/aromatic N) is 1. The summed E-state index contributed by atoms with van der Waals surface area (Å²) in [5.74, 6) is -0.885. The van der Waals surface area contributed by atoms with Crippen molar-refractivity contribution < 1.29 is 19.1 Å². The van der Waals surface area contributed by atoms with Gasteiger partial charge >= 0.3 is 5.97 Å². The average Bonchev–Trinajstić information content (AvgIpc) is 3.33. The minimum Gasteiger partial charge on any atom is -0.423 e. The van der Waals surface area contributed by atoms with Crippen LogP contribution in [0, 0.1) is 23.7 Å². The second kappa shape index (κ2) is 7.87. The molecule has 0 unspecified atom stereocenters. The van der Waals surface area contributed by atoms with Gasteiger partial charge in [-0.2, -0.15) is 0 Å². The van der Waals surface area contributed by atoms with Crippen molar-refractivity contribution >= 4 is 78.5 Å². The van der Waals surface area contributed by atoms with Crippen LogP contribution in [0.4, 0.5) is 5.69 Å². The second-order valence-electron chi connectivity index (χ2n) is 8.02. The molecule has 31 heavy (non-hydrogen) atoms. The summed E-state index contributed by atoms with van der Waals surface area (Å²) in [5, 5.41) is 0.611. The van der Waals surface area contributed by atoms with Crippen LogP contribution >= 0.6 is 55.1 Å². The number of carbonyl (C=O) groups excluding carboxylic acids is 3. The van der Waals surface area contributed by atoms with E-state index in [0.717, 1.165) is 6.42 Å². The first-order valence-corrected chi connectivity index (χ1v) is 12.3. The number of hydrogen-bond donors (Lipinski definition) is 0. The number of benzene rings is 2. The number of ether oxygens (including phenoxy) is 1. The van der Waals surface area contributed by atoms with Gasteiger partial charge in [-0.15, -0.1) is 0 Å². The molecule has 1 saturated heterocycles. The molecule has 160 valence electrons. The first-order valence-electron chi connectivity index (χ1n) is 9.71. The molecule has 2 aliphatic carbocycles. The number of carbonyl (C=O) groups is 3. The van der Waals surface area contributed by atoms with E-state index in [0.29, 0.717) is 10.7 Å². The highest BCUT2D eigenvalue weighted by Crippen LogP contribution is 2.60. The molecule has 2 aromatic rings. The van der Waals surface area contributed by atoms with Gasteiger partial charge in [0.15, 0.2) is 0 Å². The first kappa shape index (κ1) is 21.4. The Morgan fingerprint density at radius 3 is 2.06 bits per heavy atom. The average molecular weight is 588 g/mol. The van der Waals surface area contributed by atoms with E-state index >= 15 is 0 Å². The van der Waals surface area contributed by atoms with Gasteiger partial charge in [0.05, 0.1) is 28.1 Å². The molecule has 1 aliphatic heterocycles. The summed E-state index contributed by atoms with van der Waals surface area (Å²) in [5.41, 5.74) is 0.669. The van der Waals surface area contributed by atoms with Gasteiger partial charge in [-0.3, -0.25) is 14.5 Å². The predicted octanol–water partition coefficient (Wildman–Crippen LogP) is 5.49. The summed E-state index contributed by atoms with van der Waals surface area (Å²) in [6.45, 7) is 0. The molecule has 3 aliphatic rings. The third-order valence-electron chi connectivity index (χ3n) is 6.44. The lowest BCUT2D eigenvalue weighted by Gasteiger charge is -2.28. The highest BCUT2D eigenvalue weighted by Gasteiger charge is 2.66. The molecule has 5 rings (SSSR count). The minimum atomic E-state index is -0.624. The quantitative estimate of drug-likeness (QED) is 0.206. The van der Waals surface area contributed by atoms with E-state index in [-0.39, 0.29) is 61.5 Å². The van der Waals surface area contributed by atoms with Gasteiger partial charge in [-0.25, -0.2) is 4.79 Å². The van der Waals surface area contributed by atoms with Crippen LogP contribution < -0.4 is 9.64 Å². The Hall–Kier alpha value is -1.41. The second-order valence-corrected chi connectivity index (χ2v) is 11.0. The lowest BCUT2D eigenvalue weighted by atomic mass is 9.81. The maximum absolute atomic E-state index is 13.1. The van der Waals surface area contributed by atoms with E-state index in [2.05, 4.69) is 31.9 Å². The van der Waals surface area contributed by atoms with Crippen LogP contribution in [-0.2, 0) is 9.59 Å². The summed E-state index contributed by atoms with van der Waals surface area (Å²) in [7, 11) is 0. The van der Waals surface area contributed by atoms with Crippen LogP contribution in [0.1, 0.15) is 16.8 Å². The van der Waals surface area contributed by atoms with Gasteiger partial charge < -0.3 is 4.74 Å². The maximum Gasteiger partial charge on any atom is 0.345 e. The van der Waals surface area contributed by atoms with Gasteiger partial charge in [0.1, 0.15) is 5.75 Å². The number of rotatable bonds is 3. The Morgan fingerprint density at radius 2 is 1.52 bits per heavy atom. The van der Waals surface area contributed by atoms with Gasteiger partial charge in [0, 0.05) is 14.7 Å². The smallest absolute Gasteiger partial charge is 0.345 e. The monoisotopic (exact) mass is 585 g/mol. The van der Waals surface area contributed by atoms with Crippen molar-refractivity contribution in [3.8, 4) is 5.75 Å². The highest BCUT2D eigenvalue weighted by atomic mass is 79.9. The number of alkyl halides is 2. The topological polar surface area (TPSA) is 63.7 Å². The molecule has 0 aromatic heterocycles. The van der Waals surface area contributed by atoms with E-state index in [1.165, 1.54) is 17.0 Å². The van der Waals surface area contributed by atoms with Gasteiger partial charge in [0.2, 0.25) is 11.8 Å². The Morgan fingerprint density at radius 1 is 0.935 bits per heavy atom. The first-order chi connectivity index (χ1) is 14.8. The molecule has 0 spiro atoms. The zero-order valence-electron chi connectivity index (χ0n) is 15.8. The van der Waals surface area contributed by atoms with Crippen molar-refractivity contribution in [1.29, 1.82) is 0 Å². The molecular weight excluding hydrogens is 573 g/mol. The van der Waals surface area contributed by atoms with Crippen LogP contribution in [0.25, 0.3) is 0 Å². The van der Waals surface area contributed by atoms with Crippen molar-refractivity contribution in [3.63, 3.8) is 0 Å². The van der Waals surface area contributed by atoms with Crippen molar-refractivity contribution in [1.82, 2.24) is 0 Å². The molecule has 2 aromatic carbocycles. The van der Waals surface area contributed by atoms with Gasteiger partial charge in [-0.05, 0) is 60.7 Å². The van der Waals surface area contributed by atoms with Crippen LogP contribution in [0.15, 0.2) is 42.5 Å². The predicted molar refractivity (Wildman–Crippen MR) is 124 cm³/mol. The zero-order valence-corrected chi connectivity index (χ0v) is 20.5. The fourth-order valence-electron chi connectivity index (χ4n) is 5.08. The molecular formula is C22H15Br2Cl2NO4. The number of amides is 2. The summed E-state index contributed by atoms with van der Waals surface area (Å²) in [6, 6.07) is 10.8. The van der Waals surface area contributed by atoms with Gasteiger partial charge in [0.25, 0.3) is 0 Å². The van der Waals surface area contributed by atoms with Gasteiger partial charge in [-0.1, -0.05) is 55.1 Å². The molecule has 1 heterocycles. The number of halogens is 4. The van der Waals surface area contributed by atoms with Crippen molar-refractivity contribution in [3.05, 3.63) is 58.1 Å². The lowest BCUT2D eigenvalue weighted by molar-refractivity contribution is -0.123. The molecule has 3 fully saturated rings. The summed E-state index contributed by atoms with van der Waals surface area (Å²) in [6.07, 6.45) is 0.884. The van der Waals surface area contributed by atoms with Crippen LogP contribution in [0.3, 0.4) is 0 Å². The Kier molecular flexibility index (Phi) is 5.44. The number of imide groups is 1. The highest BCUT2D eigenvalue weighted by molar-refractivity contribution is 9.12. The van der Waals surface area contributed by atoms with E-state index < -0.39 is 5.97 Å². The summed E-state index contributed by atoms with van der Waals surface area (Å²) < 4.78 is 5.37. The van der Waals surface area contributed by atoms with E-state index in [1.807, 2.05) is 0 Å². The zero-order chi connectivity index (χ0) is 22.0. The Labute approximate surface area is 205 Å². The molecule has 5 nitrogen and oxygen atoms in total. The lowest BCUT2D eigenvalue weighted by Crippen LogP contribution is -2.37. The Bertz CT molecular complexity index is 1080. The normalized spacial score (nSPS) is 31.3. The Balaban J connectivity index is 1.34. The largest absolute Gasteiger partial charge is 0.423 e. The SMILES string of the molecule is O=C(Oc1ccc(N2C(=O)[C@@H]3[C@H]4C[C@@H]([C@@H](Br)[C@H]4Br)[C@H]3C2=O)cc1)c1ccc(Cl)cc1Cl. The number of hydrogen-bond acceptors (Lipinski definition) is 4. The van der Waals surface area contributed by atoms with Crippen molar-refractivity contribution in [2.45, 2.75) is 16.1 Å². The number of anilines is 1. The van der Waals surface area contributed by atoms with E-state index in [4.69, 9.17) is 27.9 Å². The molecule has 0 radical (unpaired) electrons. The fraction of sp³-hybridized carbons (Fsp3) is 0.318. The molecule has 9 heteroatoms. The summed E-state index contributed by atoms with van der Waals surface area (Å²) in [4.78, 5) is 40.3. The van der Waals surface area contributed by atoms with Crippen LogP contribution in [-0.4, -0.2) is 27.4 Å². The fourth-order valence-corrected chi connectivity index (χ4v) is 7.44. The van der Waals surface area contributed by atoms with Crippen molar-refractivity contribution in [2.24, 2.45) is 23.7 Å². The third-order valence-corrected chi connectivity index (χ3v) is 10.2. The minimum absolute atomic E-state index is 0.149. The van der Waals surface area contributed by atoms with E-state index in [9.17, 15) is 14.4 Å². The van der Waals surface area contributed by atoms with E-state index in [1.54, 1.807) is 30.3 Å². The van der Waals surface area contributed by atoms with Crippen molar-refractivity contribution in [2.75, 3.05) is 4.90 Å². The molecule has 6 atom stereocenters. The third kappa shape index (κ3) is 3.36. The standard InChI is InChI=1S/C22H15Br2Cl2NO4/c23-18-13-8-14(19(18)24)17-16(13)20(28)27(21(17)29)10-2-4-11(5-3-10)31-22(30)12-6-1-9(25)7-15(12)26/h1-7,13-14,16-19H,8H2/t13-,14-,16-,17-,18-,19+/m1/s1. The maximum atomic E-state index is 13.1.